The Balaban J connectivity index is 0.000000631. The molecule has 1 saturated heterocycles. The van der Waals surface area contributed by atoms with Crippen molar-refractivity contribution in [2.45, 2.75) is 26.9 Å². The molecule has 4 rings (SSSR count). The predicted molar refractivity (Wildman–Crippen MR) is 151 cm³/mol. The Kier molecular flexibility index (Phi) is 10.1. The molecule has 1 aliphatic rings. The van der Waals surface area contributed by atoms with Crippen LogP contribution in [0.1, 0.15) is 43.6 Å². The second-order valence-electron chi connectivity index (χ2n) is 9.75. The minimum Gasteiger partial charge on any atom is -0.486 e. The summed E-state index contributed by atoms with van der Waals surface area (Å²) in [4.78, 5) is 19.5. The lowest BCUT2D eigenvalue weighted by Crippen LogP contribution is -2.53. The first-order valence-electron chi connectivity index (χ1n) is 12.1. The molecule has 12 heteroatoms. The molecule has 0 spiro atoms. The molecule has 39 heavy (non-hydrogen) atoms. The number of aliphatic hydroxyl groups is 1. The average Bonchev–Trinajstić information content (AvgIpc) is 2.87. The van der Waals surface area contributed by atoms with Gasteiger partial charge >= 0.3 is 0 Å². The maximum absolute atomic E-state index is 14.8. The number of nitrogens with one attached hydrogen (secondary N) is 2. The third-order valence-electron chi connectivity index (χ3n) is 5.89. The number of amides is 1. The van der Waals surface area contributed by atoms with Crippen LogP contribution in [0.5, 0.6) is 5.75 Å². The number of halogens is 3. The molecule has 3 aromatic rings. The largest absolute Gasteiger partial charge is 0.486 e. The van der Waals surface area contributed by atoms with Crippen LogP contribution in [0, 0.1) is 16.6 Å². The molecule has 0 bridgehead atoms. The van der Waals surface area contributed by atoms with Crippen molar-refractivity contribution in [3.63, 3.8) is 0 Å². The highest BCUT2D eigenvalue weighted by Gasteiger charge is 2.36. The van der Waals surface area contributed by atoms with E-state index in [1.165, 1.54) is 24.7 Å². The van der Waals surface area contributed by atoms with Crippen molar-refractivity contribution >= 4 is 46.8 Å². The molecule has 3 heterocycles. The lowest BCUT2D eigenvalue weighted by atomic mass is 9.84. The number of nitrogens with zero attached hydrogens (tertiary/aromatic N) is 3. The van der Waals surface area contributed by atoms with Crippen molar-refractivity contribution in [1.29, 1.82) is 5.41 Å². The highest BCUT2D eigenvalue weighted by molar-refractivity contribution is 6.35. The Morgan fingerprint density at radius 1 is 1.28 bits per heavy atom. The van der Waals surface area contributed by atoms with Gasteiger partial charge in [-0.15, -0.1) is 0 Å². The number of hydrogen-bond acceptors (Lipinski definition) is 8. The number of anilines is 2. The summed E-state index contributed by atoms with van der Waals surface area (Å²) >= 11 is 12.5. The highest BCUT2D eigenvalue weighted by atomic mass is 35.5. The van der Waals surface area contributed by atoms with E-state index < -0.39 is 11.9 Å². The smallest absolute Gasteiger partial charge is 0.207 e. The second kappa shape index (κ2) is 13.1. The van der Waals surface area contributed by atoms with E-state index in [1.54, 1.807) is 18.2 Å². The number of nitrogen functional groups attached to an aromatic ring is 1. The third-order valence-corrected chi connectivity index (χ3v) is 6.49. The van der Waals surface area contributed by atoms with Gasteiger partial charge in [-0.25, -0.2) is 9.37 Å². The Bertz CT molecular complexity index is 1310. The monoisotopic (exact) mass is 576 g/mol. The maximum Gasteiger partial charge on any atom is 0.207 e. The van der Waals surface area contributed by atoms with E-state index in [4.69, 9.17) is 44.2 Å². The molecule has 1 aliphatic heterocycles. The number of hydrogen-bond donors (Lipinski definition) is 4. The van der Waals surface area contributed by atoms with E-state index in [2.05, 4.69) is 29.1 Å². The van der Waals surface area contributed by atoms with E-state index in [1.807, 2.05) is 11.8 Å². The fraction of sp³-hybridized carbons (Fsp3) is 0.333. The topological polar surface area (TPSA) is 137 Å². The Hall–Kier alpha value is -3.47. The van der Waals surface area contributed by atoms with Crippen molar-refractivity contribution in [1.82, 2.24) is 15.3 Å². The van der Waals surface area contributed by atoms with Gasteiger partial charge in [-0.3, -0.25) is 15.2 Å². The summed E-state index contributed by atoms with van der Waals surface area (Å²) in [7, 11) is 0. The fourth-order valence-electron chi connectivity index (χ4n) is 4.11. The summed E-state index contributed by atoms with van der Waals surface area (Å²) in [5, 5.41) is 19.6. The molecule has 5 N–H and O–H groups in total. The van der Waals surface area contributed by atoms with Crippen LogP contribution in [0.3, 0.4) is 0 Å². The first kappa shape index (κ1) is 30.1. The zero-order valence-electron chi connectivity index (χ0n) is 21.8. The maximum atomic E-state index is 14.8. The van der Waals surface area contributed by atoms with Crippen LogP contribution >= 0.6 is 23.2 Å². The Morgan fingerprint density at radius 3 is 2.49 bits per heavy atom. The van der Waals surface area contributed by atoms with Crippen LogP contribution in [0.25, 0.3) is 0 Å². The fourth-order valence-corrected chi connectivity index (χ4v) is 4.79. The van der Waals surface area contributed by atoms with Crippen LogP contribution in [-0.2, 0) is 4.79 Å². The number of nitrogens with two attached hydrogens (primary N) is 1. The zero-order chi connectivity index (χ0) is 28.7. The lowest BCUT2D eigenvalue weighted by Gasteiger charge is -2.46. The summed E-state index contributed by atoms with van der Waals surface area (Å²) in [6, 6.07) is 6.30. The van der Waals surface area contributed by atoms with E-state index in [0.29, 0.717) is 56.9 Å². The van der Waals surface area contributed by atoms with Crippen LogP contribution < -0.4 is 20.7 Å². The molecular formula is C27H31Cl2FN6O3. The van der Waals surface area contributed by atoms with Gasteiger partial charge in [0.05, 0.1) is 22.4 Å². The number of carbonyl (C=O) groups excluding carboxylic acids is 1. The number of pyridine rings is 2. The Morgan fingerprint density at radius 2 is 1.95 bits per heavy atom. The zero-order valence-corrected chi connectivity index (χ0v) is 23.4. The molecule has 0 saturated carbocycles. The summed E-state index contributed by atoms with van der Waals surface area (Å²) in [6.45, 7) is 7.90. The molecule has 1 atom stereocenters. The van der Waals surface area contributed by atoms with Gasteiger partial charge in [-0.05, 0) is 36.6 Å². The molecule has 1 fully saturated rings. The van der Waals surface area contributed by atoms with Crippen molar-refractivity contribution in [3.05, 3.63) is 75.4 Å². The van der Waals surface area contributed by atoms with Crippen molar-refractivity contribution < 1.29 is 19.0 Å². The number of rotatable bonds is 9. The Labute approximate surface area is 236 Å². The molecule has 0 aliphatic carbocycles. The van der Waals surface area contributed by atoms with Crippen LogP contribution in [0.15, 0.2) is 42.9 Å². The van der Waals surface area contributed by atoms with Gasteiger partial charge in [0.1, 0.15) is 11.9 Å². The minimum atomic E-state index is -0.474. The normalized spacial score (nSPS) is 14.4. The standard InChI is InChI=1S/C24H24Cl2FN5O.C3H7NO2/c1-13(21-17(25)9-30-10-18(21)26)33-15-4-5-20(28)16(7-15)22(29)14-6-19(27)23(31-8-14)32-11-24(2,3)12-32;5-2-1-4-3-6/h4-10,13,29H,11-12,28H2,1-3H3;3,5H,1-2H2,(H,4,6)/t13-;/m1./s1. The third kappa shape index (κ3) is 7.56. The van der Waals surface area contributed by atoms with E-state index in [9.17, 15) is 9.18 Å². The van der Waals surface area contributed by atoms with Gasteiger partial charge in [0, 0.05) is 60.6 Å². The quantitative estimate of drug-likeness (QED) is 0.126. The molecule has 0 unspecified atom stereocenters. The van der Waals surface area contributed by atoms with Gasteiger partial charge in [0.25, 0.3) is 0 Å². The first-order valence-corrected chi connectivity index (χ1v) is 12.9. The van der Waals surface area contributed by atoms with Gasteiger partial charge in [0.2, 0.25) is 6.41 Å². The van der Waals surface area contributed by atoms with Crippen LogP contribution in [-0.4, -0.2) is 53.4 Å². The molecule has 1 aromatic carbocycles. The first-order chi connectivity index (χ1) is 18.5. The molecule has 0 radical (unpaired) electrons. The summed E-state index contributed by atoms with van der Waals surface area (Å²) < 4.78 is 20.8. The second-order valence-corrected chi connectivity index (χ2v) is 10.6. The SMILES string of the molecule is C[C@@H](Oc1ccc(N)c(C(=N)c2cnc(N3CC(C)(C)C3)c(F)c2)c1)c1c(Cl)cncc1Cl.O=CNCCO. The summed E-state index contributed by atoms with van der Waals surface area (Å²) in [6.07, 6.45) is 4.57. The summed E-state index contributed by atoms with van der Waals surface area (Å²) in [5.74, 6) is 0.304. The molecular weight excluding hydrogens is 546 g/mol. The minimum absolute atomic E-state index is 0.0126. The summed E-state index contributed by atoms with van der Waals surface area (Å²) in [5.41, 5.74) is 8.04. The number of aliphatic hydroxyl groups excluding tert-OH is 1. The molecule has 1 amide bonds. The molecule has 2 aromatic heterocycles. The van der Waals surface area contributed by atoms with Crippen LogP contribution in [0.4, 0.5) is 15.9 Å². The van der Waals surface area contributed by atoms with Gasteiger partial charge in [-0.1, -0.05) is 37.0 Å². The van der Waals surface area contributed by atoms with Crippen molar-refractivity contribution in [2.75, 3.05) is 36.9 Å². The number of ether oxygens (including phenoxy) is 1. The average molecular weight is 577 g/mol. The van der Waals surface area contributed by atoms with E-state index in [0.717, 1.165) is 13.1 Å². The number of carbonyl (C=O) groups is 1. The van der Waals surface area contributed by atoms with Crippen molar-refractivity contribution in [2.24, 2.45) is 5.41 Å². The van der Waals surface area contributed by atoms with Crippen LogP contribution in [0.2, 0.25) is 10.0 Å². The molecule has 9 nitrogen and oxygen atoms in total. The van der Waals surface area contributed by atoms with Gasteiger partial charge in [-0.2, -0.15) is 0 Å². The lowest BCUT2D eigenvalue weighted by molar-refractivity contribution is -0.109. The predicted octanol–water partition coefficient (Wildman–Crippen LogP) is 4.63. The highest BCUT2D eigenvalue weighted by Crippen LogP contribution is 2.35. The van der Waals surface area contributed by atoms with E-state index in [-0.39, 0.29) is 17.7 Å². The van der Waals surface area contributed by atoms with Crippen molar-refractivity contribution in [3.8, 4) is 5.75 Å². The van der Waals surface area contributed by atoms with E-state index >= 15 is 0 Å². The van der Waals surface area contributed by atoms with Gasteiger partial charge in [0.15, 0.2) is 11.6 Å². The number of aromatic nitrogens is 2. The van der Waals surface area contributed by atoms with Gasteiger partial charge < -0.3 is 25.8 Å². The molecule has 208 valence electrons. The number of benzene rings is 1.